The van der Waals surface area contributed by atoms with Gasteiger partial charge in [0.2, 0.25) is 0 Å². The third kappa shape index (κ3) is 3.12. The highest BCUT2D eigenvalue weighted by atomic mass is 35.5. The van der Waals surface area contributed by atoms with Gasteiger partial charge in [-0.05, 0) is 55.3 Å². The van der Waals surface area contributed by atoms with E-state index in [1.807, 2.05) is 37.4 Å². The molecule has 0 atom stereocenters. The van der Waals surface area contributed by atoms with Crippen molar-refractivity contribution in [3.05, 3.63) is 64.7 Å². The topological polar surface area (TPSA) is 21.3 Å². The lowest BCUT2D eigenvalue weighted by atomic mass is 9.90. The van der Waals surface area contributed by atoms with E-state index in [1.165, 1.54) is 5.57 Å². The molecule has 2 aromatic rings. The molecule has 0 saturated heterocycles. The highest BCUT2D eigenvalue weighted by Crippen LogP contribution is 2.40. The number of benzene rings is 2. The first-order valence-electron chi connectivity index (χ1n) is 6.98. The van der Waals surface area contributed by atoms with Gasteiger partial charge in [-0.1, -0.05) is 31.2 Å². The van der Waals surface area contributed by atoms with Crippen LogP contribution in [0.4, 0.5) is 5.69 Å². The molecule has 0 aromatic heterocycles. The average Bonchev–Trinajstić information content (AvgIpc) is 2.45. The summed E-state index contributed by atoms with van der Waals surface area (Å²) in [6.07, 6.45) is 2.16. The zero-order valence-electron chi connectivity index (χ0n) is 12.4. The predicted octanol–water partition coefficient (Wildman–Crippen LogP) is 5.62. The number of fused-ring (bicyclic) bond motifs is 1. The van der Waals surface area contributed by atoms with Crippen LogP contribution in [0.25, 0.3) is 5.57 Å². The Labute approximate surface area is 137 Å². The molecule has 0 amide bonds. The minimum atomic E-state index is -0.339. The van der Waals surface area contributed by atoms with Crippen molar-refractivity contribution in [1.82, 2.24) is 0 Å². The third-order valence-corrected chi connectivity index (χ3v) is 3.83. The highest BCUT2D eigenvalue weighted by Gasteiger charge is 2.27. The summed E-state index contributed by atoms with van der Waals surface area (Å²) in [5, 5.41) is 3.90. The van der Waals surface area contributed by atoms with Gasteiger partial charge in [0, 0.05) is 29.4 Å². The minimum Gasteiger partial charge on any atom is -0.483 e. The second kappa shape index (κ2) is 6.05. The average molecular weight is 316 g/mol. The number of ether oxygens (including phenoxy) is 1. The fraction of sp³-hybridized carbons (Fsp3) is 0.263. The molecule has 1 heterocycles. The zero-order valence-corrected chi connectivity index (χ0v) is 13.2. The standard InChI is InChI=1S/C18H18ClNO.CH4/c1-18(2)11-16(12-4-6-13(19)7-5-12)15-9-8-14(20-3)10-17(15)21-18;/h4-11,20H,1-3H3;1H4. The molecule has 0 unspecified atom stereocenters. The summed E-state index contributed by atoms with van der Waals surface area (Å²) in [5.74, 6) is 0.902. The molecule has 0 aliphatic carbocycles. The lowest BCUT2D eigenvalue weighted by molar-refractivity contribution is 0.158. The summed E-state index contributed by atoms with van der Waals surface area (Å²) >= 11 is 5.99. The molecule has 3 heteroatoms. The van der Waals surface area contributed by atoms with E-state index in [0.29, 0.717) is 0 Å². The largest absolute Gasteiger partial charge is 0.483 e. The lowest BCUT2D eigenvalue weighted by Gasteiger charge is -2.31. The van der Waals surface area contributed by atoms with Gasteiger partial charge in [0.1, 0.15) is 11.4 Å². The monoisotopic (exact) mass is 315 g/mol. The van der Waals surface area contributed by atoms with Gasteiger partial charge in [-0.25, -0.2) is 0 Å². The Bertz CT molecular complexity index is 702. The molecule has 0 spiro atoms. The number of anilines is 1. The predicted molar refractivity (Wildman–Crippen MR) is 96.0 cm³/mol. The van der Waals surface area contributed by atoms with Crippen LogP contribution in [-0.2, 0) is 0 Å². The van der Waals surface area contributed by atoms with E-state index >= 15 is 0 Å². The number of halogens is 1. The van der Waals surface area contributed by atoms with E-state index in [9.17, 15) is 0 Å². The highest BCUT2D eigenvalue weighted by molar-refractivity contribution is 6.30. The van der Waals surface area contributed by atoms with Crippen molar-refractivity contribution in [3.8, 4) is 5.75 Å². The quantitative estimate of drug-likeness (QED) is 0.776. The zero-order chi connectivity index (χ0) is 15.0. The van der Waals surface area contributed by atoms with E-state index in [4.69, 9.17) is 16.3 Å². The number of hydrogen-bond acceptors (Lipinski definition) is 2. The van der Waals surface area contributed by atoms with Crippen LogP contribution in [0.5, 0.6) is 5.75 Å². The normalized spacial score (nSPS) is 15.0. The van der Waals surface area contributed by atoms with Crippen LogP contribution >= 0.6 is 11.6 Å². The van der Waals surface area contributed by atoms with Crippen molar-refractivity contribution in [2.45, 2.75) is 26.9 Å². The fourth-order valence-electron chi connectivity index (χ4n) is 2.59. The molecule has 1 aliphatic rings. The van der Waals surface area contributed by atoms with Gasteiger partial charge in [-0.2, -0.15) is 0 Å². The summed E-state index contributed by atoms with van der Waals surface area (Å²) in [5.41, 5.74) is 4.14. The SMILES string of the molecule is C.CNc1ccc2c(c1)OC(C)(C)C=C2c1ccc(Cl)cc1. The van der Waals surface area contributed by atoms with Gasteiger partial charge in [-0.15, -0.1) is 0 Å². The molecule has 1 N–H and O–H groups in total. The summed E-state index contributed by atoms with van der Waals surface area (Å²) in [7, 11) is 1.91. The van der Waals surface area contributed by atoms with Crippen LogP contribution in [0, 0.1) is 0 Å². The summed E-state index contributed by atoms with van der Waals surface area (Å²) in [6, 6.07) is 14.1. The molecule has 116 valence electrons. The van der Waals surface area contributed by atoms with Crippen LogP contribution < -0.4 is 10.1 Å². The second-order valence-electron chi connectivity index (χ2n) is 5.73. The van der Waals surface area contributed by atoms with E-state index in [1.54, 1.807) is 0 Å². The Kier molecular flexibility index (Phi) is 4.52. The molecule has 0 fully saturated rings. The molecular formula is C19H22ClNO. The molecule has 0 saturated carbocycles. The fourth-order valence-corrected chi connectivity index (χ4v) is 2.72. The van der Waals surface area contributed by atoms with Gasteiger partial charge in [-0.3, -0.25) is 0 Å². The van der Waals surface area contributed by atoms with E-state index in [0.717, 1.165) is 27.6 Å². The Balaban J connectivity index is 0.00000176. The van der Waals surface area contributed by atoms with Crippen LogP contribution in [0.3, 0.4) is 0 Å². The molecule has 2 nitrogen and oxygen atoms in total. The van der Waals surface area contributed by atoms with Crippen LogP contribution in [0.15, 0.2) is 48.5 Å². The van der Waals surface area contributed by atoms with Gasteiger partial charge in [0.15, 0.2) is 0 Å². The van der Waals surface area contributed by atoms with E-state index < -0.39 is 0 Å². The van der Waals surface area contributed by atoms with E-state index in [-0.39, 0.29) is 13.0 Å². The van der Waals surface area contributed by atoms with Crippen molar-refractivity contribution in [2.24, 2.45) is 0 Å². The lowest BCUT2D eigenvalue weighted by Crippen LogP contribution is -2.29. The summed E-state index contributed by atoms with van der Waals surface area (Å²) in [6.45, 7) is 4.13. The van der Waals surface area contributed by atoms with Crippen molar-refractivity contribution >= 4 is 22.9 Å². The van der Waals surface area contributed by atoms with Crippen LogP contribution in [-0.4, -0.2) is 12.6 Å². The van der Waals surface area contributed by atoms with Gasteiger partial charge >= 0.3 is 0 Å². The molecule has 1 aliphatic heterocycles. The molecule has 2 aromatic carbocycles. The van der Waals surface area contributed by atoms with Crippen LogP contribution in [0.2, 0.25) is 5.02 Å². The van der Waals surface area contributed by atoms with Crippen molar-refractivity contribution in [2.75, 3.05) is 12.4 Å². The van der Waals surface area contributed by atoms with Crippen molar-refractivity contribution in [3.63, 3.8) is 0 Å². The van der Waals surface area contributed by atoms with Crippen molar-refractivity contribution < 1.29 is 4.74 Å². The molecular weight excluding hydrogens is 294 g/mol. The Hall–Kier alpha value is -1.93. The maximum absolute atomic E-state index is 6.09. The van der Waals surface area contributed by atoms with Gasteiger partial charge in [0.05, 0.1) is 0 Å². The molecule has 22 heavy (non-hydrogen) atoms. The summed E-state index contributed by atoms with van der Waals surface area (Å²) < 4.78 is 6.09. The van der Waals surface area contributed by atoms with E-state index in [2.05, 4.69) is 37.4 Å². The Morgan fingerprint density at radius 1 is 1.05 bits per heavy atom. The number of rotatable bonds is 2. The van der Waals surface area contributed by atoms with Crippen molar-refractivity contribution in [1.29, 1.82) is 0 Å². The number of hydrogen-bond donors (Lipinski definition) is 1. The first kappa shape index (κ1) is 16.4. The van der Waals surface area contributed by atoms with Crippen LogP contribution in [0.1, 0.15) is 32.4 Å². The first-order valence-corrected chi connectivity index (χ1v) is 7.36. The minimum absolute atomic E-state index is 0. The molecule has 3 rings (SSSR count). The Morgan fingerprint density at radius 3 is 2.36 bits per heavy atom. The Morgan fingerprint density at radius 2 is 1.73 bits per heavy atom. The van der Waals surface area contributed by atoms with Gasteiger partial charge in [0.25, 0.3) is 0 Å². The molecule has 0 bridgehead atoms. The maximum atomic E-state index is 6.09. The molecule has 0 radical (unpaired) electrons. The smallest absolute Gasteiger partial charge is 0.130 e. The summed E-state index contributed by atoms with van der Waals surface area (Å²) in [4.78, 5) is 0. The second-order valence-corrected chi connectivity index (χ2v) is 6.17. The van der Waals surface area contributed by atoms with Gasteiger partial charge < -0.3 is 10.1 Å². The first-order chi connectivity index (χ1) is 9.98. The number of nitrogens with one attached hydrogen (secondary N) is 1. The third-order valence-electron chi connectivity index (χ3n) is 3.58. The maximum Gasteiger partial charge on any atom is 0.130 e.